The highest BCUT2D eigenvalue weighted by atomic mass is 14.8. The summed E-state index contributed by atoms with van der Waals surface area (Å²) in [5, 5.41) is 2.38. The number of hydrogen-bond acceptors (Lipinski definition) is 3. The van der Waals surface area contributed by atoms with Crippen molar-refractivity contribution >= 4 is 21.8 Å². The van der Waals surface area contributed by atoms with Crippen molar-refractivity contribution in [2.45, 2.75) is 47.5 Å². The molecule has 0 amide bonds. The van der Waals surface area contributed by atoms with E-state index in [2.05, 4.69) is 74.9 Å². The minimum atomic E-state index is 0.242. The highest BCUT2D eigenvalue weighted by Crippen LogP contribution is 2.39. The van der Waals surface area contributed by atoms with Crippen LogP contribution in [0.25, 0.3) is 33.1 Å². The van der Waals surface area contributed by atoms with E-state index < -0.39 is 0 Å². The van der Waals surface area contributed by atoms with Crippen molar-refractivity contribution in [1.29, 1.82) is 0 Å². The summed E-state index contributed by atoms with van der Waals surface area (Å²) in [6.45, 7) is 11.1. The molecular formula is C25H25N3. The van der Waals surface area contributed by atoms with E-state index >= 15 is 0 Å². The van der Waals surface area contributed by atoms with Gasteiger partial charge in [0.25, 0.3) is 0 Å². The molecule has 0 spiro atoms. The average molecular weight is 367 g/mol. The Morgan fingerprint density at radius 1 is 0.964 bits per heavy atom. The molecule has 2 aromatic heterocycles. The maximum atomic E-state index is 5.09. The number of fused-ring (bicyclic) bond motifs is 3. The van der Waals surface area contributed by atoms with Crippen LogP contribution in [0.15, 0.2) is 36.7 Å². The number of rotatable bonds is 1. The molecule has 140 valence electrons. The Labute approximate surface area is 165 Å². The Morgan fingerprint density at radius 3 is 2.57 bits per heavy atom. The molecule has 0 unspecified atom stereocenters. The zero-order valence-corrected chi connectivity index (χ0v) is 17.2. The molecule has 3 nitrogen and oxygen atoms in total. The Balaban J connectivity index is 1.78. The molecule has 3 heteroatoms. The number of benzene rings is 2. The monoisotopic (exact) mass is 367 g/mol. The van der Waals surface area contributed by atoms with E-state index in [1.54, 1.807) is 6.33 Å². The molecule has 0 N–H and O–H groups in total. The predicted molar refractivity (Wildman–Crippen MR) is 116 cm³/mol. The van der Waals surface area contributed by atoms with Gasteiger partial charge in [-0.25, -0.2) is 9.97 Å². The largest absolute Gasteiger partial charge is 0.251 e. The summed E-state index contributed by atoms with van der Waals surface area (Å²) in [7, 11) is 0. The molecule has 0 saturated carbocycles. The zero-order chi connectivity index (χ0) is 19.6. The second-order valence-corrected chi connectivity index (χ2v) is 9.42. The molecule has 2 heterocycles. The third kappa shape index (κ3) is 2.77. The first kappa shape index (κ1) is 17.3. The lowest BCUT2D eigenvalue weighted by Crippen LogP contribution is -2.11. The van der Waals surface area contributed by atoms with E-state index in [0.717, 1.165) is 40.8 Å². The van der Waals surface area contributed by atoms with Gasteiger partial charge in [0.05, 0.1) is 22.4 Å². The average Bonchev–Trinajstić information content (AvgIpc) is 2.59. The number of aromatic nitrogens is 3. The van der Waals surface area contributed by atoms with Crippen LogP contribution in [-0.2, 0) is 12.8 Å². The van der Waals surface area contributed by atoms with Crippen molar-refractivity contribution < 1.29 is 0 Å². The molecule has 0 radical (unpaired) electrons. The van der Waals surface area contributed by atoms with Crippen LogP contribution >= 0.6 is 0 Å². The van der Waals surface area contributed by atoms with Crippen molar-refractivity contribution in [2.75, 3.05) is 0 Å². The summed E-state index contributed by atoms with van der Waals surface area (Å²) in [5.74, 6) is 0. The SMILES string of the molecule is Cc1cc(C)c2nc3c(cc2c1)-c1ncnc2cc(CC(C)(C)C)cc(c12)C3. The molecule has 4 aromatic rings. The predicted octanol–water partition coefficient (Wildman–Crippen LogP) is 5.95. The van der Waals surface area contributed by atoms with Crippen LogP contribution < -0.4 is 0 Å². The van der Waals surface area contributed by atoms with E-state index in [4.69, 9.17) is 4.98 Å². The molecule has 1 aliphatic carbocycles. The Morgan fingerprint density at radius 2 is 1.79 bits per heavy atom. The van der Waals surface area contributed by atoms with Gasteiger partial charge < -0.3 is 0 Å². The number of hydrogen-bond donors (Lipinski definition) is 0. The van der Waals surface area contributed by atoms with Gasteiger partial charge in [0.2, 0.25) is 0 Å². The van der Waals surface area contributed by atoms with Crippen molar-refractivity contribution in [2.24, 2.45) is 5.41 Å². The van der Waals surface area contributed by atoms with Crippen molar-refractivity contribution in [3.63, 3.8) is 0 Å². The van der Waals surface area contributed by atoms with Crippen LogP contribution in [0.5, 0.6) is 0 Å². The van der Waals surface area contributed by atoms with Crippen molar-refractivity contribution in [3.05, 3.63) is 64.6 Å². The lowest BCUT2D eigenvalue weighted by Gasteiger charge is -2.23. The van der Waals surface area contributed by atoms with Gasteiger partial charge in [-0.1, -0.05) is 38.5 Å². The van der Waals surface area contributed by atoms with Gasteiger partial charge in [-0.3, -0.25) is 4.98 Å². The topological polar surface area (TPSA) is 38.7 Å². The first-order valence-corrected chi connectivity index (χ1v) is 9.96. The van der Waals surface area contributed by atoms with E-state index in [-0.39, 0.29) is 5.41 Å². The maximum absolute atomic E-state index is 5.09. The molecule has 0 fully saturated rings. The fraction of sp³-hybridized carbons (Fsp3) is 0.320. The third-order valence-corrected chi connectivity index (χ3v) is 5.56. The van der Waals surface area contributed by atoms with Gasteiger partial charge in [-0.15, -0.1) is 0 Å². The molecule has 0 atom stereocenters. The van der Waals surface area contributed by atoms with E-state index in [9.17, 15) is 0 Å². The van der Waals surface area contributed by atoms with Crippen LogP contribution in [0.1, 0.15) is 48.7 Å². The molecule has 2 aromatic carbocycles. The quantitative estimate of drug-likeness (QED) is 0.367. The molecule has 5 rings (SSSR count). The normalized spacial score (nSPS) is 13.2. The standard InChI is InChI=1S/C25H25N3/c1-14-6-15(2)23-18(7-14)10-19-20(28-23)11-17-8-16(12-25(3,4)5)9-21-22(17)24(19)27-13-26-21/h6-10,13H,11-12H2,1-5H3. The molecule has 0 saturated heterocycles. The van der Waals surface area contributed by atoms with Crippen molar-refractivity contribution in [1.82, 2.24) is 15.0 Å². The summed E-state index contributed by atoms with van der Waals surface area (Å²) in [6, 6.07) is 11.3. The van der Waals surface area contributed by atoms with Crippen LogP contribution in [0.4, 0.5) is 0 Å². The summed E-state index contributed by atoms with van der Waals surface area (Å²) in [6.07, 6.45) is 3.57. The first-order chi connectivity index (χ1) is 13.3. The van der Waals surface area contributed by atoms with Gasteiger partial charge >= 0.3 is 0 Å². The van der Waals surface area contributed by atoms with Gasteiger partial charge in [0, 0.05) is 22.8 Å². The van der Waals surface area contributed by atoms with Crippen molar-refractivity contribution in [3.8, 4) is 11.3 Å². The molecule has 0 bridgehead atoms. The second-order valence-electron chi connectivity index (χ2n) is 9.42. The molecule has 0 aliphatic heterocycles. The number of nitrogens with zero attached hydrogens (tertiary/aromatic N) is 3. The molecule has 28 heavy (non-hydrogen) atoms. The highest BCUT2D eigenvalue weighted by Gasteiger charge is 2.24. The summed E-state index contributed by atoms with van der Waals surface area (Å²) in [5.41, 5.74) is 10.8. The smallest absolute Gasteiger partial charge is 0.116 e. The maximum Gasteiger partial charge on any atom is 0.116 e. The van der Waals surface area contributed by atoms with Crippen LogP contribution in [0, 0.1) is 19.3 Å². The minimum absolute atomic E-state index is 0.242. The lowest BCUT2D eigenvalue weighted by atomic mass is 9.84. The first-order valence-electron chi connectivity index (χ1n) is 9.96. The van der Waals surface area contributed by atoms with Crippen LogP contribution in [0.3, 0.4) is 0 Å². The van der Waals surface area contributed by atoms with Gasteiger partial charge in [0.1, 0.15) is 6.33 Å². The number of aryl methyl sites for hydroxylation is 2. The van der Waals surface area contributed by atoms with Gasteiger partial charge in [-0.2, -0.15) is 0 Å². The van der Waals surface area contributed by atoms with Crippen LogP contribution in [0.2, 0.25) is 0 Å². The summed E-state index contributed by atoms with van der Waals surface area (Å²) < 4.78 is 0. The summed E-state index contributed by atoms with van der Waals surface area (Å²) in [4.78, 5) is 14.4. The minimum Gasteiger partial charge on any atom is -0.251 e. The fourth-order valence-electron chi connectivity index (χ4n) is 4.61. The van der Waals surface area contributed by atoms with E-state index in [0.29, 0.717) is 0 Å². The van der Waals surface area contributed by atoms with Gasteiger partial charge in [0.15, 0.2) is 0 Å². The third-order valence-electron chi connectivity index (χ3n) is 5.56. The Hall–Kier alpha value is -2.81. The Bertz CT molecular complexity index is 1260. The second kappa shape index (κ2) is 5.84. The number of pyridine rings is 1. The van der Waals surface area contributed by atoms with Crippen LogP contribution in [-0.4, -0.2) is 15.0 Å². The lowest BCUT2D eigenvalue weighted by molar-refractivity contribution is 0.411. The highest BCUT2D eigenvalue weighted by molar-refractivity contribution is 6.00. The Kier molecular flexibility index (Phi) is 3.61. The molecular weight excluding hydrogens is 342 g/mol. The fourth-order valence-corrected chi connectivity index (χ4v) is 4.61. The summed E-state index contributed by atoms with van der Waals surface area (Å²) >= 11 is 0. The van der Waals surface area contributed by atoms with Gasteiger partial charge in [-0.05, 0) is 60.6 Å². The molecule has 1 aliphatic rings. The van der Waals surface area contributed by atoms with E-state index in [1.165, 1.54) is 33.0 Å². The van der Waals surface area contributed by atoms with E-state index in [1.807, 2.05) is 0 Å². The zero-order valence-electron chi connectivity index (χ0n) is 17.2.